The van der Waals surface area contributed by atoms with Crippen molar-refractivity contribution in [2.45, 2.75) is 25.9 Å². The minimum absolute atomic E-state index is 0.0430. The average Bonchev–Trinajstić information content (AvgIpc) is 2.79. The molecular formula is C24H22N2O5. The van der Waals surface area contributed by atoms with Gasteiger partial charge in [0.2, 0.25) is 5.88 Å². The Labute approximate surface area is 180 Å². The van der Waals surface area contributed by atoms with Gasteiger partial charge >= 0.3 is 11.9 Å². The fraction of sp³-hybridized carbons (Fsp3) is 0.208. The number of nitrogens with two attached hydrogens (primary N) is 1. The minimum Gasteiger partial charge on any atom is -0.463 e. The van der Waals surface area contributed by atoms with Gasteiger partial charge in [-0.3, -0.25) is 0 Å². The molecule has 2 atom stereocenters. The van der Waals surface area contributed by atoms with E-state index in [1.54, 1.807) is 43.3 Å². The Bertz CT molecular complexity index is 1070. The molecule has 0 saturated heterocycles. The summed E-state index contributed by atoms with van der Waals surface area (Å²) in [5, 5.41) is 10.0. The van der Waals surface area contributed by atoms with Crippen molar-refractivity contribution >= 4 is 17.7 Å². The molecule has 0 bridgehead atoms. The Morgan fingerprint density at radius 1 is 1.13 bits per heavy atom. The largest absolute Gasteiger partial charge is 0.463 e. The molecule has 158 valence electrons. The third-order valence-electron chi connectivity index (χ3n) is 4.71. The van der Waals surface area contributed by atoms with Crippen molar-refractivity contribution in [1.29, 1.82) is 5.26 Å². The van der Waals surface area contributed by atoms with E-state index in [4.69, 9.17) is 19.9 Å². The van der Waals surface area contributed by atoms with Crippen molar-refractivity contribution in [3.8, 4) is 6.07 Å². The van der Waals surface area contributed by atoms with E-state index in [1.807, 2.05) is 24.3 Å². The molecule has 0 radical (unpaired) electrons. The molecule has 7 heteroatoms. The van der Waals surface area contributed by atoms with E-state index in [1.165, 1.54) is 6.92 Å². The van der Waals surface area contributed by atoms with Gasteiger partial charge in [-0.2, -0.15) is 5.26 Å². The van der Waals surface area contributed by atoms with Gasteiger partial charge in [0.25, 0.3) is 0 Å². The number of hydrogen-bond acceptors (Lipinski definition) is 7. The van der Waals surface area contributed by atoms with E-state index in [0.29, 0.717) is 11.1 Å². The summed E-state index contributed by atoms with van der Waals surface area (Å²) in [7, 11) is 0. The zero-order chi connectivity index (χ0) is 22.4. The molecule has 2 aromatic rings. The van der Waals surface area contributed by atoms with Crippen molar-refractivity contribution in [1.82, 2.24) is 0 Å². The van der Waals surface area contributed by atoms with E-state index >= 15 is 0 Å². The van der Waals surface area contributed by atoms with Gasteiger partial charge in [-0.15, -0.1) is 0 Å². The summed E-state index contributed by atoms with van der Waals surface area (Å²) in [5.41, 5.74) is 7.64. The summed E-state index contributed by atoms with van der Waals surface area (Å²) in [4.78, 5) is 24.9. The molecule has 2 aromatic carbocycles. The fourth-order valence-corrected chi connectivity index (χ4v) is 3.29. The molecule has 0 aromatic heterocycles. The molecule has 2 N–H and O–H groups in total. The molecule has 3 rings (SSSR count). The van der Waals surface area contributed by atoms with Crippen LogP contribution in [0.2, 0.25) is 0 Å². The molecule has 1 aliphatic rings. The van der Waals surface area contributed by atoms with Crippen LogP contribution in [0.4, 0.5) is 0 Å². The number of rotatable bonds is 6. The Kier molecular flexibility index (Phi) is 6.73. The van der Waals surface area contributed by atoms with Crippen LogP contribution in [0.15, 0.2) is 77.7 Å². The van der Waals surface area contributed by atoms with Crippen molar-refractivity contribution < 1.29 is 23.8 Å². The molecule has 0 saturated carbocycles. The van der Waals surface area contributed by atoms with Crippen LogP contribution < -0.4 is 5.73 Å². The van der Waals surface area contributed by atoms with Gasteiger partial charge in [0.1, 0.15) is 5.57 Å². The van der Waals surface area contributed by atoms with Crippen LogP contribution in [0.3, 0.4) is 0 Å². The van der Waals surface area contributed by atoms with Crippen LogP contribution in [0, 0.1) is 11.3 Å². The number of nitriles is 1. The highest BCUT2D eigenvalue weighted by Gasteiger charge is 2.39. The fourth-order valence-electron chi connectivity index (χ4n) is 3.29. The van der Waals surface area contributed by atoms with Gasteiger partial charge in [0.05, 0.1) is 24.2 Å². The van der Waals surface area contributed by atoms with Crippen LogP contribution in [0.5, 0.6) is 0 Å². The zero-order valence-electron chi connectivity index (χ0n) is 17.2. The molecule has 31 heavy (non-hydrogen) atoms. The van der Waals surface area contributed by atoms with Gasteiger partial charge in [0, 0.05) is 5.56 Å². The SMILES string of the molecule is CCOC(=O)[C@H](C)OC(=O)C1=C(N)OC(c2ccccc2)=C(C#N)[C@H]1c1ccccc1. The quantitative estimate of drug-likeness (QED) is 0.716. The third-order valence-corrected chi connectivity index (χ3v) is 4.71. The number of ether oxygens (including phenoxy) is 3. The first-order chi connectivity index (χ1) is 15.0. The first-order valence-electron chi connectivity index (χ1n) is 9.77. The summed E-state index contributed by atoms with van der Waals surface area (Å²) < 4.78 is 15.9. The zero-order valence-corrected chi connectivity index (χ0v) is 17.2. The number of hydrogen-bond donors (Lipinski definition) is 1. The Balaban J connectivity index is 2.08. The maximum absolute atomic E-state index is 13.0. The molecule has 7 nitrogen and oxygen atoms in total. The first-order valence-corrected chi connectivity index (χ1v) is 9.77. The normalized spacial score (nSPS) is 16.7. The van der Waals surface area contributed by atoms with E-state index < -0.39 is 24.0 Å². The molecule has 0 amide bonds. The predicted octanol–water partition coefficient (Wildman–Crippen LogP) is 3.40. The van der Waals surface area contributed by atoms with Crippen molar-refractivity contribution in [2.75, 3.05) is 6.61 Å². The van der Waals surface area contributed by atoms with E-state index in [9.17, 15) is 14.9 Å². The van der Waals surface area contributed by atoms with Crippen LogP contribution >= 0.6 is 0 Å². The number of carbonyl (C=O) groups excluding carboxylic acids is 2. The number of nitrogens with zero attached hydrogens (tertiary/aromatic N) is 1. The number of carbonyl (C=O) groups is 2. The second-order valence-electron chi connectivity index (χ2n) is 6.74. The molecule has 1 aliphatic heterocycles. The molecule has 1 heterocycles. The molecule has 0 spiro atoms. The van der Waals surface area contributed by atoms with Gasteiger partial charge in [-0.05, 0) is 19.4 Å². The molecule has 0 unspecified atom stereocenters. The third kappa shape index (κ3) is 4.59. The lowest BCUT2D eigenvalue weighted by atomic mass is 9.82. The van der Waals surface area contributed by atoms with Crippen molar-refractivity contribution in [3.05, 3.63) is 88.8 Å². The summed E-state index contributed by atoms with van der Waals surface area (Å²) in [5.74, 6) is -2.27. The lowest BCUT2D eigenvalue weighted by Gasteiger charge is -2.28. The summed E-state index contributed by atoms with van der Waals surface area (Å²) in [6, 6.07) is 20.2. The van der Waals surface area contributed by atoms with E-state index in [2.05, 4.69) is 6.07 Å². The second kappa shape index (κ2) is 9.63. The Hall–Kier alpha value is -4.05. The topological polar surface area (TPSA) is 112 Å². The highest BCUT2D eigenvalue weighted by atomic mass is 16.6. The number of allylic oxidation sites excluding steroid dienone is 1. The summed E-state index contributed by atoms with van der Waals surface area (Å²) >= 11 is 0. The average molecular weight is 418 g/mol. The number of esters is 2. The standard InChI is InChI=1S/C24H22N2O5/c1-3-29-23(27)15(2)30-24(28)20-19(16-10-6-4-7-11-16)18(14-25)21(31-22(20)26)17-12-8-5-9-13-17/h4-13,15,19H,3,26H2,1-2H3/t15-,19+/m0/s1. The van der Waals surface area contributed by atoms with Crippen molar-refractivity contribution in [2.24, 2.45) is 5.73 Å². The highest BCUT2D eigenvalue weighted by Crippen LogP contribution is 2.42. The molecule has 0 aliphatic carbocycles. The van der Waals surface area contributed by atoms with Crippen LogP contribution in [0.1, 0.15) is 30.9 Å². The lowest BCUT2D eigenvalue weighted by Crippen LogP contribution is -2.31. The van der Waals surface area contributed by atoms with E-state index in [0.717, 1.165) is 0 Å². The van der Waals surface area contributed by atoms with Gasteiger partial charge in [0.15, 0.2) is 11.9 Å². The first kappa shape index (κ1) is 21.7. The van der Waals surface area contributed by atoms with Gasteiger partial charge < -0.3 is 19.9 Å². The highest BCUT2D eigenvalue weighted by molar-refractivity contribution is 5.95. The summed E-state index contributed by atoms with van der Waals surface area (Å²) in [6.07, 6.45) is -1.14. The van der Waals surface area contributed by atoms with Crippen LogP contribution in [-0.2, 0) is 23.8 Å². The van der Waals surface area contributed by atoms with Crippen molar-refractivity contribution in [3.63, 3.8) is 0 Å². The maximum atomic E-state index is 13.0. The summed E-state index contributed by atoms with van der Waals surface area (Å²) in [6.45, 7) is 3.22. The van der Waals surface area contributed by atoms with Crippen LogP contribution in [-0.4, -0.2) is 24.6 Å². The van der Waals surface area contributed by atoms with Crippen LogP contribution in [0.25, 0.3) is 5.76 Å². The van der Waals surface area contributed by atoms with E-state index in [-0.39, 0.29) is 29.4 Å². The Morgan fingerprint density at radius 3 is 2.32 bits per heavy atom. The lowest BCUT2D eigenvalue weighted by molar-refractivity contribution is -0.164. The molecular weight excluding hydrogens is 396 g/mol. The second-order valence-corrected chi connectivity index (χ2v) is 6.74. The molecule has 0 fully saturated rings. The van der Waals surface area contributed by atoms with Gasteiger partial charge in [-0.25, -0.2) is 9.59 Å². The smallest absolute Gasteiger partial charge is 0.347 e. The predicted molar refractivity (Wildman–Crippen MR) is 113 cm³/mol. The Morgan fingerprint density at radius 2 is 1.74 bits per heavy atom. The number of benzene rings is 2. The van der Waals surface area contributed by atoms with Gasteiger partial charge in [-0.1, -0.05) is 60.7 Å². The minimum atomic E-state index is -1.14. The maximum Gasteiger partial charge on any atom is 0.347 e. The monoisotopic (exact) mass is 418 g/mol.